The quantitative estimate of drug-likeness (QED) is 0.119. The van der Waals surface area contributed by atoms with Gasteiger partial charge in [0.05, 0.1) is 53.0 Å². The number of anilines is 1. The van der Waals surface area contributed by atoms with Crippen molar-refractivity contribution in [3.63, 3.8) is 0 Å². The zero-order valence-electron chi connectivity index (χ0n) is 27.0. The van der Waals surface area contributed by atoms with E-state index in [4.69, 9.17) is 28.6 Å². The van der Waals surface area contributed by atoms with Gasteiger partial charge in [0, 0.05) is 11.3 Å². The number of aryl methyl sites for hydroxylation is 2. The van der Waals surface area contributed by atoms with Crippen LogP contribution in [0, 0.1) is 13.8 Å². The van der Waals surface area contributed by atoms with E-state index in [0.29, 0.717) is 23.9 Å². The van der Waals surface area contributed by atoms with Crippen LogP contribution in [0.4, 0.5) is 10.5 Å². The largest absolute Gasteiger partial charge is 0.490 e. The number of carbonyl (C=O) groups is 1. The maximum atomic E-state index is 12.1. The summed E-state index contributed by atoms with van der Waals surface area (Å²) in [6, 6.07) is 11.6. The van der Waals surface area contributed by atoms with Gasteiger partial charge in [-0.1, -0.05) is 20.8 Å². The van der Waals surface area contributed by atoms with Gasteiger partial charge in [0.15, 0.2) is 8.32 Å². The number of hydrogen-bond donors (Lipinski definition) is 1. The fourth-order valence-electron chi connectivity index (χ4n) is 4.34. The number of aromatic nitrogens is 4. The molecule has 5 aromatic rings. The lowest BCUT2D eigenvalue weighted by Crippen LogP contribution is -2.40. The Bertz CT molecular complexity index is 1840. The molecule has 10 nitrogen and oxygen atoms in total. The molecule has 5 rings (SSSR count). The van der Waals surface area contributed by atoms with E-state index in [1.807, 2.05) is 38.1 Å². The zero-order valence-corrected chi connectivity index (χ0v) is 28.8. The van der Waals surface area contributed by atoms with E-state index < -0.39 is 14.4 Å². The van der Waals surface area contributed by atoms with Gasteiger partial charge in [-0.25, -0.2) is 19.7 Å². The molecule has 0 saturated heterocycles. The lowest BCUT2D eigenvalue weighted by molar-refractivity contribution is 0.138. The lowest BCUT2D eigenvalue weighted by Gasteiger charge is -2.36. The van der Waals surface area contributed by atoms with Crippen LogP contribution in [0.5, 0.6) is 11.6 Å². The van der Waals surface area contributed by atoms with E-state index >= 15 is 0 Å². The van der Waals surface area contributed by atoms with Crippen molar-refractivity contribution in [3.05, 3.63) is 65.6 Å². The molecule has 2 aromatic carbocycles. The van der Waals surface area contributed by atoms with Gasteiger partial charge in [-0.2, -0.15) is 0 Å². The molecule has 3 heterocycles. The topological polar surface area (TPSA) is 118 Å². The third kappa shape index (κ3) is 7.58. The van der Waals surface area contributed by atoms with Crippen LogP contribution < -0.4 is 14.8 Å². The van der Waals surface area contributed by atoms with Crippen LogP contribution >= 0.6 is 11.3 Å². The van der Waals surface area contributed by atoms with Crippen molar-refractivity contribution in [1.29, 1.82) is 0 Å². The van der Waals surface area contributed by atoms with Crippen LogP contribution in [0.1, 0.15) is 37.6 Å². The van der Waals surface area contributed by atoms with Crippen molar-refractivity contribution < 1.29 is 23.4 Å². The van der Waals surface area contributed by atoms with Gasteiger partial charge in [-0.3, -0.25) is 10.3 Å². The Balaban J connectivity index is 1.35. The fourth-order valence-corrected chi connectivity index (χ4v) is 6.39. The summed E-state index contributed by atoms with van der Waals surface area (Å²) in [5.74, 6) is 1.12. The number of fused-ring (bicyclic) bond motifs is 2. The molecule has 0 aliphatic rings. The number of nitrogens with zero attached hydrogens (tertiary/aromatic N) is 4. The summed E-state index contributed by atoms with van der Waals surface area (Å²) in [7, 11) is -0.387. The van der Waals surface area contributed by atoms with Gasteiger partial charge < -0.3 is 18.6 Å². The highest BCUT2D eigenvalue weighted by Crippen LogP contribution is 2.39. The standard InChI is InChI=1S/C33H39N5O5SSi/c1-20-13-24(41-11-12-42-32(39)36-23-10-9-21(2)34-17-23)16-27-29(20)38-31(44-27)25-14-22(19-43-45(7,8)33(3,4)5)15-26-30(25)35-18-28(37-26)40-6/h9-10,13-18H,11-12,19H2,1-8H3,(H,36,39). The Hall–Kier alpha value is -4.13. The number of pyridine rings is 1. The summed E-state index contributed by atoms with van der Waals surface area (Å²) in [6.45, 7) is 15.8. The Morgan fingerprint density at radius 3 is 2.49 bits per heavy atom. The molecule has 1 amide bonds. The number of carbonyl (C=O) groups excluding carboxylic acids is 1. The van der Waals surface area contributed by atoms with Crippen LogP contribution in [0.25, 0.3) is 31.8 Å². The first kappa shape index (κ1) is 32.3. The average molecular weight is 646 g/mol. The van der Waals surface area contributed by atoms with E-state index in [2.05, 4.69) is 55.2 Å². The number of hydrogen-bond acceptors (Lipinski definition) is 10. The molecule has 0 unspecified atom stereocenters. The van der Waals surface area contributed by atoms with Gasteiger partial charge in [0.2, 0.25) is 5.88 Å². The van der Waals surface area contributed by atoms with E-state index in [1.165, 1.54) is 0 Å². The SMILES string of the molecule is COc1cnc2c(-c3nc4c(C)cc(OCCOC(=O)Nc5ccc(C)nc5)cc4s3)cc(CO[Si](C)(C)C(C)(C)C)cc2n1. The first-order chi connectivity index (χ1) is 21.3. The van der Waals surface area contributed by atoms with Crippen LogP contribution in [-0.4, -0.2) is 54.7 Å². The number of benzene rings is 2. The van der Waals surface area contributed by atoms with Gasteiger partial charge in [-0.15, -0.1) is 11.3 Å². The Labute approximate surface area is 268 Å². The number of nitrogens with one attached hydrogen (secondary N) is 1. The first-order valence-corrected chi connectivity index (χ1v) is 18.4. The van der Waals surface area contributed by atoms with Crippen LogP contribution in [-0.2, 0) is 15.8 Å². The van der Waals surface area contributed by atoms with Crippen LogP contribution in [0.2, 0.25) is 18.1 Å². The van der Waals surface area contributed by atoms with Crippen molar-refractivity contribution in [2.45, 2.75) is 59.4 Å². The monoisotopic (exact) mass is 645 g/mol. The molecule has 0 saturated carbocycles. The molecule has 0 spiro atoms. The van der Waals surface area contributed by atoms with Crippen molar-refractivity contribution in [2.24, 2.45) is 0 Å². The molecule has 0 bridgehead atoms. The third-order valence-corrected chi connectivity index (χ3v) is 13.4. The van der Waals surface area contributed by atoms with E-state index in [1.54, 1.807) is 36.9 Å². The van der Waals surface area contributed by atoms with Crippen LogP contribution in [0.3, 0.4) is 0 Å². The summed E-state index contributed by atoms with van der Waals surface area (Å²) in [4.78, 5) is 30.7. The maximum absolute atomic E-state index is 12.1. The molecular weight excluding hydrogens is 607 g/mol. The summed E-state index contributed by atoms with van der Waals surface area (Å²) >= 11 is 1.56. The minimum Gasteiger partial charge on any atom is -0.490 e. The molecule has 0 aliphatic heterocycles. The number of methoxy groups -OCH3 is 1. The molecule has 45 heavy (non-hydrogen) atoms. The fraction of sp³-hybridized carbons (Fsp3) is 0.364. The van der Waals surface area contributed by atoms with E-state index in [9.17, 15) is 4.79 Å². The molecule has 236 valence electrons. The van der Waals surface area contributed by atoms with Gasteiger partial charge >= 0.3 is 6.09 Å². The summed E-state index contributed by atoms with van der Waals surface area (Å²) in [5, 5.41) is 3.58. The lowest BCUT2D eigenvalue weighted by atomic mass is 10.1. The van der Waals surface area contributed by atoms with Crippen molar-refractivity contribution >= 4 is 52.7 Å². The second-order valence-electron chi connectivity index (χ2n) is 12.4. The highest BCUT2D eigenvalue weighted by molar-refractivity contribution is 7.21. The highest BCUT2D eigenvalue weighted by atomic mass is 32.1. The predicted octanol–water partition coefficient (Wildman–Crippen LogP) is 8.08. The van der Waals surface area contributed by atoms with Crippen molar-refractivity contribution in [1.82, 2.24) is 19.9 Å². The zero-order chi connectivity index (χ0) is 32.4. The normalized spacial score (nSPS) is 12.0. The second-order valence-corrected chi connectivity index (χ2v) is 18.2. The number of thiazole rings is 1. The smallest absolute Gasteiger partial charge is 0.411 e. The third-order valence-electron chi connectivity index (χ3n) is 7.93. The average Bonchev–Trinajstić information content (AvgIpc) is 3.43. The predicted molar refractivity (Wildman–Crippen MR) is 181 cm³/mol. The van der Waals surface area contributed by atoms with E-state index in [0.717, 1.165) is 48.6 Å². The first-order valence-electron chi connectivity index (χ1n) is 14.7. The second kappa shape index (κ2) is 13.1. The van der Waals surface area contributed by atoms with E-state index in [-0.39, 0.29) is 18.3 Å². The number of amides is 1. The Morgan fingerprint density at radius 1 is 0.978 bits per heavy atom. The molecule has 0 radical (unpaired) electrons. The van der Waals surface area contributed by atoms with Crippen LogP contribution in [0.15, 0.2) is 48.8 Å². The Morgan fingerprint density at radius 2 is 1.78 bits per heavy atom. The summed E-state index contributed by atoms with van der Waals surface area (Å²) in [6.07, 6.45) is 2.65. The highest BCUT2D eigenvalue weighted by Gasteiger charge is 2.37. The molecule has 0 atom stereocenters. The molecular formula is C33H39N5O5SSi. The van der Waals surface area contributed by atoms with Gasteiger partial charge in [-0.05, 0) is 79.5 Å². The summed E-state index contributed by atoms with van der Waals surface area (Å²) < 4.78 is 24.1. The minimum absolute atomic E-state index is 0.0913. The van der Waals surface area contributed by atoms with Crippen molar-refractivity contribution in [3.8, 4) is 22.2 Å². The van der Waals surface area contributed by atoms with Gasteiger partial charge in [0.1, 0.15) is 24.0 Å². The maximum Gasteiger partial charge on any atom is 0.411 e. The minimum atomic E-state index is -1.97. The molecule has 0 fully saturated rings. The molecule has 3 aromatic heterocycles. The Kier molecular flexibility index (Phi) is 9.38. The molecule has 0 aliphatic carbocycles. The van der Waals surface area contributed by atoms with Crippen molar-refractivity contribution in [2.75, 3.05) is 25.6 Å². The summed E-state index contributed by atoms with van der Waals surface area (Å²) in [5.41, 5.74) is 6.67. The van der Waals surface area contributed by atoms with Gasteiger partial charge in [0.25, 0.3) is 0 Å². The molecule has 12 heteroatoms. The number of rotatable bonds is 10. The molecule has 1 N–H and O–H groups in total. The number of ether oxygens (including phenoxy) is 3.